The molecule has 5 heterocycles. The van der Waals surface area contributed by atoms with Crippen molar-refractivity contribution in [1.82, 2.24) is 25.0 Å². The molecule has 0 saturated carbocycles. The summed E-state index contributed by atoms with van der Waals surface area (Å²) < 4.78 is 31.1. The summed E-state index contributed by atoms with van der Waals surface area (Å²) in [7, 11) is 4.33. The second-order valence-electron chi connectivity index (χ2n) is 11.7. The quantitative estimate of drug-likeness (QED) is 0.0785. The van der Waals surface area contributed by atoms with Crippen molar-refractivity contribution >= 4 is 45.4 Å². The molecule has 0 aliphatic carbocycles. The Kier molecular flexibility index (Phi) is 8.77. The third-order valence-corrected chi connectivity index (χ3v) is 10.2. The van der Waals surface area contributed by atoms with Crippen LogP contribution in [0.4, 0.5) is 15.8 Å². The lowest BCUT2D eigenvalue weighted by atomic mass is 10.1. The molecule has 3 aromatic heterocycles. The number of nitro benzene ring substituents is 1. The largest absolute Gasteiger partial charge is 1.00 e. The number of rotatable bonds is 7. The number of aromatic nitrogens is 5. The van der Waals surface area contributed by atoms with Gasteiger partial charge in [0.25, 0.3) is 5.69 Å². The molecule has 1 fully saturated rings. The Bertz CT molecular complexity index is 2010. The molecule has 2 aliphatic rings. The Labute approximate surface area is 287 Å². The molecule has 1 atom stereocenters. The Balaban J connectivity index is 0.00000372. The smallest absolute Gasteiger partial charge is 0.269 e. The summed E-state index contributed by atoms with van der Waals surface area (Å²) in [4.78, 5) is 26.3. The van der Waals surface area contributed by atoms with Gasteiger partial charge in [-0.2, -0.15) is 0 Å². The summed E-state index contributed by atoms with van der Waals surface area (Å²) in [6, 6.07) is 7.09. The lowest BCUT2D eigenvalue weighted by Gasteiger charge is -2.41. The Hall–Kier alpha value is -3.68. The van der Waals surface area contributed by atoms with Crippen molar-refractivity contribution < 1.29 is 46.9 Å². The highest BCUT2D eigenvalue weighted by molar-refractivity contribution is 8.00. The molecule has 240 valence electrons. The number of anilines is 1. The van der Waals surface area contributed by atoms with E-state index in [1.54, 1.807) is 18.3 Å². The van der Waals surface area contributed by atoms with Gasteiger partial charge in [0.05, 0.1) is 73.5 Å². The number of non-ortho nitro benzene ring substituents is 1. The van der Waals surface area contributed by atoms with Gasteiger partial charge in [0, 0.05) is 23.9 Å². The maximum Gasteiger partial charge on any atom is 0.269 e. The molecule has 46 heavy (non-hydrogen) atoms. The van der Waals surface area contributed by atoms with Gasteiger partial charge in [0.15, 0.2) is 26.3 Å². The number of ether oxygens (including phenoxy) is 1. The number of nitrogens with zero attached hydrogens (tertiary/aromatic N) is 8. The zero-order valence-electron chi connectivity index (χ0n) is 25.0. The van der Waals surface area contributed by atoms with Crippen LogP contribution in [0.25, 0.3) is 32.9 Å². The Morgan fingerprint density at radius 1 is 1.15 bits per heavy atom. The first-order chi connectivity index (χ1) is 21.6. The molecule has 7 rings (SSSR count). The van der Waals surface area contributed by atoms with Crippen LogP contribution in [-0.2, 0) is 5.75 Å². The average Bonchev–Trinajstić information content (AvgIpc) is 3.69. The fourth-order valence-electron chi connectivity index (χ4n) is 5.54. The van der Waals surface area contributed by atoms with E-state index in [1.165, 1.54) is 41.3 Å². The molecule has 0 amide bonds. The number of quaternary nitrogens is 1. The summed E-state index contributed by atoms with van der Waals surface area (Å²) in [5.41, 5.74) is 1.55. The maximum atomic E-state index is 15.8. The number of hydrogen-bond acceptors (Lipinski definition) is 12. The molecule has 13 nitrogen and oxygen atoms in total. The highest BCUT2D eigenvalue weighted by atomic mass is 127. The standard InChI is InChI=1S/C29H28FN8O5S2.HI/c1-16-14-42-26-23-19(12-21(30)24(26)35-8-10-38(2,3)11-9-35)25(39)20(13-36(16)23)28-33-34-29(45-28)44-15-22-31-32-27(43-22)17-4-6-18(7-5-17)37(40)41;/h4-7,12-13,16H,8-11,14-15H2,1-3H3;1H/q+1;/p-1/t16-;/m0./s1. The van der Waals surface area contributed by atoms with Gasteiger partial charge in [0.2, 0.25) is 11.8 Å². The van der Waals surface area contributed by atoms with Crippen LogP contribution in [0, 0.1) is 15.9 Å². The van der Waals surface area contributed by atoms with E-state index in [2.05, 4.69) is 34.5 Å². The van der Waals surface area contributed by atoms with Crippen LogP contribution in [0.5, 0.6) is 5.75 Å². The predicted octanol–water partition coefficient (Wildman–Crippen LogP) is 1.76. The van der Waals surface area contributed by atoms with Gasteiger partial charge >= 0.3 is 0 Å². The van der Waals surface area contributed by atoms with E-state index in [1.807, 2.05) is 16.4 Å². The van der Waals surface area contributed by atoms with E-state index in [-0.39, 0.29) is 52.4 Å². The third kappa shape index (κ3) is 5.95. The second-order valence-corrected chi connectivity index (χ2v) is 13.9. The van der Waals surface area contributed by atoms with Crippen molar-refractivity contribution in [3.63, 3.8) is 0 Å². The van der Waals surface area contributed by atoms with Crippen molar-refractivity contribution in [2.45, 2.75) is 23.1 Å². The van der Waals surface area contributed by atoms with Crippen molar-refractivity contribution in [2.24, 2.45) is 0 Å². The van der Waals surface area contributed by atoms with Crippen LogP contribution in [0.2, 0.25) is 0 Å². The highest BCUT2D eigenvalue weighted by Gasteiger charge is 2.33. The highest BCUT2D eigenvalue weighted by Crippen LogP contribution is 2.43. The van der Waals surface area contributed by atoms with Crippen LogP contribution < -0.4 is 39.0 Å². The van der Waals surface area contributed by atoms with E-state index in [0.29, 0.717) is 68.8 Å². The summed E-state index contributed by atoms with van der Waals surface area (Å²) in [5.74, 6) is 0.827. The molecule has 0 N–H and O–H groups in total. The van der Waals surface area contributed by atoms with E-state index in [0.717, 1.165) is 17.6 Å². The van der Waals surface area contributed by atoms with Crippen LogP contribution in [0.1, 0.15) is 18.9 Å². The van der Waals surface area contributed by atoms with Crippen molar-refractivity contribution in [2.75, 3.05) is 51.8 Å². The van der Waals surface area contributed by atoms with Crippen LogP contribution >= 0.6 is 23.1 Å². The van der Waals surface area contributed by atoms with Gasteiger partial charge in [-0.25, -0.2) is 4.39 Å². The zero-order chi connectivity index (χ0) is 31.5. The number of piperazine rings is 1. The van der Waals surface area contributed by atoms with Crippen LogP contribution in [-0.4, -0.2) is 81.2 Å². The molecule has 0 unspecified atom stereocenters. The average molecular weight is 779 g/mol. The van der Waals surface area contributed by atoms with Gasteiger partial charge < -0.3 is 47.1 Å². The number of nitro groups is 1. The molecule has 2 aromatic carbocycles. The lowest BCUT2D eigenvalue weighted by molar-refractivity contribution is -0.890. The normalized spacial score (nSPS) is 17.0. The van der Waals surface area contributed by atoms with Gasteiger partial charge in [-0.05, 0) is 25.1 Å². The second kappa shape index (κ2) is 12.5. The topological polar surface area (TPSA) is 142 Å². The van der Waals surface area contributed by atoms with E-state index in [9.17, 15) is 14.9 Å². The maximum absolute atomic E-state index is 15.8. The summed E-state index contributed by atoms with van der Waals surface area (Å²) in [6.07, 6.45) is 1.78. The van der Waals surface area contributed by atoms with Crippen molar-refractivity contribution in [3.8, 4) is 27.8 Å². The molecular formula is C29H28FIN8O5S2. The lowest BCUT2D eigenvalue weighted by Crippen LogP contribution is -3.00. The van der Waals surface area contributed by atoms with Crippen LogP contribution in [0.15, 0.2) is 50.1 Å². The number of hydrogen-bond donors (Lipinski definition) is 0. The first kappa shape index (κ1) is 32.3. The summed E-state index contributed by atoms with van der Waals surface area (Å²) in [5, 5.41) is 28.2. The van der Waals surface area contributed by atoms with Gasteiger partial charge in [-0.15, -0.1) is 20.4 Å². The first-order valence-electron chi connectivity index (χ1n) is 14.2. The number of thioether (sulfide) groups is 1. The number of benzene rings is 2. The molecular weight excluding hydrogens is 750 g/mol. The summed E-state index contributed by atoms with van der Waals surface area (Å²) >= 11 is 2.57. The Morgan fingerprint density at radius 2 is 1.89 bits per heavy atom. The minimum atomic E-state index is -0.477. The summed E-state index contributed by atoms with van der Waals surface area (Å²) in [6.45, 7) is 5.48. The fraction of sp³-hybridized carbons (Fsp3) is 0.345. The molecule has 17 heteroatoms. The van der Waals surface area contributed by atoms with Crippen LogP contribution in [0.3, 0.4) is 0 Å². The third-order valence-electron chi connectivity index (χ3n) is 8.16. The van der Waals surface area contributed by atoms with Gasteiger partial charge in [-0.1, -0.05) is 23.1 Å². The van der Waals surface area contributed by atoms with E-state index >= 15 is 4.39 Å². The predicted molar refractivity (Wildman–Crippen MR) is 167 cm³/mol. The molecule has 0 bridgehead atoms. The number of pyridine rings is 1. The first-order valence-corrected chi connectivity index (χ1v) is 16.0. The molecule has 2 aliphatic heterocycles. The minimum absolute atomic E-state index is 0. The van der Waals surface area contributed by atoms with Crippen molar-refractivity contribution in [1.29, 1.82) is 0 Å². The molecule has 5 aromatic rings. The Morgan fingerprint density at radius 3 is 2.61 bits per heavy atom. The molecule has 0 spiro atoms. The fourth-order valence-corrected chi connectivity index (χ4v) is 7.24. The van der Waals surface area contributed by atoms with Gasteiger partial charge in [0.1, 0.15) is 12.3 Å². The van der Waals surface area contributed by atoms with Gasteiger partial charge in [-0.3, -0.25) is 14.9 Å². The van der Waals surface area contributed by atoms with E-state index < -0.39 is 10.7 Å². The number of likely N-dealkylation sites (N-methyl/N-ethyl adjacent to an activating group) is 1. The number of halogens is 2. The molecule has 1 saturated heterocycles. The minimum Gasteiger partial charge on any atom is -1.00 e. The van der Waals surface area contributed by atoms with E-state index in [4.69, 9.17) is 9.15 Å². The monoisotopic (exact) mass is 778 g/mol. The molecule has 0 radical (unpaired) electrons. The van der Waals surface area contributed by atoms with Crippen molar-refractivity contribution in [3.05, 3.63) is 68.6 Å². The SMILES string of the molecule is C[C@H]1COc2c(N3CC[N+](C)(C)CC3)c(F)cc3c(=O)c(-c4nnc(SCc5nnc(-c6ccc([N+](=O)[O-])cc6)o5)s4)cn1c23.[I-]. The zero-order valence-corrected chi connectivity index (χ0v) is 28.8.